The smallest absolute Gasteiger partial charge is 0.227 e. The molecule has 0 N–H and O–H groups in total. The predicted molar refractivity (Wildman–Crippen MR) is 94.2 cm³/mol. The lowest BCUT2D eigenvalue weighted by Crippen LogP contribution is -2.32. The molecule has 0 aliphatic rings. The molecule has 0 atom stereocenters. The summed E-state index contributed by atoms with van der Waals surface area (Å²) in [5, 5.41) is 0. The van der Waals surface area contributed by atoms with Crippen LogP contribution in [0.4, 0.5) is 0 Å². The average Bonchev–Trinajstić information content (AvgIpc) is 2.56. The van der Waals surface area contributed by atoms with Crippen LogP contribution in [0, 0.1) is 0 Å². The molecule has 2 aromatic rings. The van der Waals surface area contributed by atoms with E-state index < -0.39 is 0 Å². The summed E-state index contributed by atoms with van der Waals surface area (Å²) < 4.78 is 0. The summed E-state index contributed by atoms with van der Waals surface area (Å²) in [6, 6.07) is 12.3. The zero-order chi connectivity index (χ0) is 16.7. The molecule has 1 heterocycles. The van der Waals surface area contributed by atoms with Crippen molar-refractivity contribution in [3.8, 4) is 0 Å². The molecule has 2 rings (SSSR count). The Labute approximate surface area is 139 Å². The van der Waals surface area contributed by atoms with Crippen molar-refractivity contribution in [3.63, 3.8) is 0 Å². The molecular weight excluding hydrogens is 284 g/mol. The summed E-state index contributed by atoms with van der Waals surface area (Å²) in [7, 11) is 0. The van der Waals surface area contributed by atoms with Gasteiger partial charge in [0.2, 0.25) is 5.91 Å². The maximum absolute atomic E-state index is 12.6. The van der Waals surface area contributed by atoms with Crippen molar-refractivity contribution in [2.75, 3.05) is 6.54 Å². The number of pyridine rings is 1. The van der Waals surface area contributed by atoms with Crippen LogP contribution >= 0.6 is 0 Å². The van der Waals surface area contributed by atoms with Crippen molar-refractivity contribution < 1.29 is 4.79 Å². The number of amides is 1. The van der Waals surface area contributed by atoms with Gasteiger partial charge in [0.25, 0.3) is 0 Å². The second-order valence-electron chi connectivity index (χ2n) is 6.25. The van der Waals surface area contributed by atoms with E-state index in [0.29, 0.717) is 18.9 Å². The van der Waals surface area contributed by atoms with E-state index in [1.54, 1.807) is 6.20 Å². The first-order valence-corrected chi connectivity index (χ1v) is 8.35. The second-order valence-corrected chi connectivity index (χ2v) is 6.25. The van der Waals surface area contributed by atoms with E-state index in [2.05, 4.69) is 50.0 Å². The quantitative estimate of drug-likeness (QED) is 0.768. The largest absolute Gasteiger partial charge is 0.338 e. The Morgan fingerprint density at radius 1 is 1.13 bits per heavy atom. The molecule has 23 heavy (non-hydrogen) atoms. The van der Waals surface area contributed by atoms with Crippen LogP contribution in [0.15, 0.2) is 48.8 Å². The Balaban J connectivity index is 2.02. The van der Waals surface area contributed by atoms with E-state index >= 15 is 0 Å². The molecule has 1 amide bonds. The van der Waals surface area contributed by atoms with Crippen LogP contribution in [0.1, 0.15) is 49.8 Å². The lowest BCUT2D eigenvalue weighted by atomic mass is 10.0. The van der Waals surface area contributed by atoms with Gasteiger partial charge in [-0.1, -0.05) is 51.1 Å². The molecule has 0 saturated carbocycles. The summed E-state index contributed by atoms with van der Waals surface area (Å²) in [4.78, 5) is 18.7. The lowest BCUT2D eigenvalue weighted by molar-refractivity contribution is -0.131. The van der Waals surface area contributed by atoms with Crippen LogP contribution in [0.3, 0.4) is 0 Å². The first-order chi connectivity index (χ1) is 11.1. The Hall–Kier alpha value is -2.16. The van der Waals surface area contributed by atoms with Gasteiger partial charge in [0.1, 0.15) is 0 Å². The van der Waals surface area contributed by atoms with E-state index in [1.807, 2.05) is 23.2 Å². The standard InChI is InChI=1S/C20H26N2O/c1-4-12-22(15-18-6-5-11-21-14-18)20(23)13-17-7-9-19(10-8-17)16(2)3/h5-11,14,16H,4,12-13,15H2,1-3H3. The minimum Gasteiger partial charge on any atom is -0.338 e. The minimum absolute atomic E-state index is 0.174. The summed E-state index contributed by atoms with van der Waals surface area (Å²) in [5.74, 6) is 0.690. The van der Waals surface area contributed by atoms with Crippen LogP contribution < -0.4 is 0 Å². The van der Waals surface area contributed by atoms with Gasteiger partial charge in [-0.2, -0.15) is 0 Å². The number of rotatable bonds is 7. The number of nitrogens with zero attached hydrogens (tertiary/aromatic N) is 2. The molecule has 0 aliphatic heterocycles. The minimum atomic E-state index is 0.174. The summed E-state index contributed by atoms with van der Waals surface area (Å²) >= 11 is 0. The number of benzene rings is 1. The molecular formula is C20H26N2O. The van der Waals surface area contributed by atoms with Gasteiger partial charge in [0.15, 0.2) is 0 Å². The molecule has 0 spiro atoms. The van der Waals surface area contributed by atoms with Gasteiger partial charge in [0, 0.05) is 25.5 Å². The van der Waals surface area contributed by atoms with Crippen LogP contribution in [0.25, 0.3) is 0 Å². The number of aromatic nitrogens is 1. The highest BCUT2D eigenvalue weighted by Crippen LogP contribution is 2.16. The van der Waals surface area contributed by atoms with Gasteiger partial charge in [-0.05, 0) is 35.1 Å². The molecule has 0 radical (unpaired) electrons. The zero-order valence-corrected chi connectivity index (χ0v) is 14.3. The normalized spacial score (nSPS) is 10.8. The Morgan fingerprint density at radius 3 is 2.43 bits per heavy atom. The fourth-order valence-corrected chi connectivity index (χ4v) is 2.58. The van der Waals surface area contributed by atoms with Gasteiger partial charge in [-0.3, -0.25) is 9.78 Å². The summed E-state index contributed by atoms with van der Waals surface area (Å²) in [5.41, 5.74) is 3.46. The maximum atomic E-state index is 12.6. The molecule has 3 heteroatoms. The van der Waals surface area contributed by atoms with Crippen molar-refractivity contribution in [2.24, 2.45) is 0 Å². The lowest BCUT2D eigenvalue weighted by Gasteiger charge is -2.22. The molecule has 0 saturated heterocycles. The SMILES string of the molecule is CCCN(Cc1cccnc1)C(=O)Cc1ccc(C(C)C)cc1. The molecule has 1 aromatic heterocycles. The molecule has 0 unspecified atom stereocenters. The van der Waals surface area contributed by atoms with Gasteiger partial charge < -0.3 is 4.90 Å². The first kappa shape index (κ1) is 17.2. The van der Waals surface area contributed by atoms with Crippen molar-refractivity contribution >= 4 is 5.91 Å². The molecule has 122 valence electrons. The van der Waals surface area contributed by atoms with Crippen LogP contribution in [0.2, 0.25) is 0 Å². The van der Waals surface area contributed by atoms with E-state index in [0.717, 1.165) is 24.1 Å². The fourth-order valence-electron chi connectivity index (χ4n) is 2.58. The third-order valence-electron chi connectivity index (χ3n) is 3.94. The van der Waals surface area contributed by atoms with Gasteiger partial charge in [-0.15, -0.1) is 0 Å². The number of hydrogen-bond donors (Lipinski definition) is 0. The van der Waals surface area contributed by atoms with Crippen molar-refractivity contribution in [1.82, 2.24) is 9.88 Å². The van der Waals surface area contributed by atoms with E-state index in [-0.39, 0.29) is 5.91 Å². The predicted octanol–water partition coefficient (Wildman–Crippen LogP) is 4.19. The Kier molecular flexibility index (Phi) is 6.33. The fraction of sp³-hybridized carbons (Fsp3) is 0.400. The van der Waals surface area contributed by atoms with Gasteiger partial charge in [0.05, 0.1) is 6.42 Å². The maximum Gasteiger partial charge on any atom is 0.227 e. The van der Waals surface area contributed by atoms with Crippen LogP contribution in [0.5, 0.6) is 0 Å². The van der Waals surface area contributed by atoms with Crippen molar-refractivity contribution in [3.05, 3.63) is 65.5 Å². The average molecular weight is 310 g/mol. The molecule has 0 aliphatic carbocycles. The van der Waals surface area contributed by atoms with Crippen molar-refractivity contribution in [2.45, 2.75) is 46.1 Å². The second kappa shape index (κ2) is 8.47. The Morgan fingerprint density at radius 2 is 1.87 bits per heavy atom. The molecule has 3 nitrogen and oxygen atoms in total. The monoisotopic (exact) mass is 310 g/mol. The zero-order valence-electron chi connectivity index (χ0n) is 14.3. The molecule has 1 aromatic carbocycles. The number of carbonyl (C=O) groups excluding carboxylic acids is 1. The summed E-state index contributed by atoms with van der Waals surface area (Å²) in [6.45, 7) is 7.86. The number of carbonyl (C=O) groups is 1. The van der Waals surface area contributed by atoms with Gasteiger partial charge >= 0.3 is 0 Å². The third kappa shape index (κ3) is 5.20. The molecule has 0 bridgehead atoms. The topological polar surface area (TPSA) is 33.2 Å². The third-order valence-corrected chi connectivity index (χ3v) is 3.94. The number of hydrogen-bond acceptors (Lipinski definition) is 2. The highest BCUT2D eigenvalue weighted by Gasteiger charge is 2.14. The summed E-state index contributed by atoms with van der Waals surface area (Å²) in [6.07, 6.45) is 5.00. The highest BCUT2D eigenvalue weighted by atomic mass is 16.2. The van der Waals surface area contributed by atoms with E-state index in [9.17, 15) is 4.79 Å². The highest BCUT2D eigenvalue weighted by molar-refractivity contribution is 5.78. The van der Waals surface area contributed by atoms with Crippen LogP contribution in [-0.4, -0.2) is 22.3 Å². The van der Waals surface area contributed by atoms with E-state index in [4.69, 9.17) is 0 Å². The van der Waals surface area contributed by atoms with Crippen LogP contribution in [-0.2, 0) is 17.8 Å². The first-order valence-electron chi connectivity index (χ1n) is 8.35. The molecule has 0 fully saturated rings. The van der Waals surface area contributed by atoms with E-state index in [1.165, 1.54) is 5.56 Å². The van der Waals surface area contributed by atoms with Gasteiger partial charge in [-0.25, -0.2) is 0 Å². The Bertz CT molecular complexity index is 605. The van der Waals surface area contributed by atoms with Crippen molar-refractivity contribution in [1.29, 1.82) is 0 Å².